The van der Waals surface area contributed by atoms with E-state index in [0.717, 1.165) is 31.7 Å². The number of ether oxygens (including phenoxy) is 1. The lowest BCUT2D eigenvalue weighted by molar-refractivity contribution is 0.161. The van der Waals surface area contributed by atoms with Gasteiger partial charge in [0.1, 0.15) is 6.33 Å². The van der Waals surface area contributed by atoms with Gasteiger partial charge in [0.25, 0.3) is 0 Å². The molecule has 0 aromatic carbocycles. The molecule has 1 rings (SSSR count). The van der Waals surface area contributed by atoms with Crippen molar-refractivity contribution in [3.05, 3.63) is 24.3 Å². The third-order valence-electron chi connectivity index (χ3n) is 2.22. The van der Waals surface area contributed by atoms with E-state index in [4.69, 9.17) is 4.74 Å². The molecule has 0 bridgehead atoms. The topological polar surface area (TPSA) is 47.0 Å². The smallest absolute Gasteiger partial charge is 0.115 e. The maximum Gasteiger partial charge on any atom is 0.115 e. The van der Waals surface area contributed by atoms with Gasteiger partial charge in [0, 0.05) is 25.9 Å². The number of aromatic nitrogens is 2. The molecule has 84 valence electrons. The molecule has 1 unspecified atom stereocenters. The Balaban J connectivity index is 2.33. The van der Waals surface area contributed by atoms with E-state index < -0.39 is 0 Å². The fraction of sp³-hybridized carbons (Fsp3) is 0.636. The summed E-state index contributed by atoms with van der Waals surface area (Å²) in [7, 11) is 1.73. The normalized spacial score (nSPS) is 12.7. The maximum atomic E-state index is 5.15. The molecule has 0 aliphatic heterocycles. The first-order valence-corrected chi connectivity index (χ1v) is 5.34. The van der Waals surface area contributed by atoms with Gasteiger partial charge < -0.3 is 10.1 Å². The summed E-state index contributed by atoms with van der Waals surface area (Å²) in [5, 5.41) is 3.42. The molecule has 1 aromatic rings. The van der Waals surface area contributed by atoms with E-state index in [-0.39, 0.29) is 0 Å². The van der Waals surface area contributed by atoms with Crippen LogP contribution >= 0.6 is 0 Å². The Bertz CT molecular complexity index is 247. The minimum absolute atomic E-state index is 0.412. The molecule has 1 aromatic heterocycles. The maximum absolute atomic E-state index is 5.15. The highest BCUT2D eigenvalue weighted by molar-refractivity contribution is 4.97. The molecule has 0 radical (unpaired) electrons. The van der Waals surface area contributed by atoms with E-state index in [1.54, 1.807) is 19.6 Å². The second-order valence-electron chi connectivity index (χ2n) is 3.52. The minimum Gasteiger partial charge on any atom is -0.383 e. The van der Waals surface area contributed by atoms with Crippen molar-refractivity contribution in [2.24, 2.45) is 0 Å². The van der Waals surface area contributed by atoms with Crippen molar-refractivity contribution >= 4 is 0 Å². The van der Waals surface area contributed by atoms with Crippen molar-refractivity contribution in [1.82, 2.24) is 15.3 Å². The van der Waals surface area contributed by atoms with Crippen LogP contribution in [0.15, 0.2) is 18.6 Å². The van der Waals surface area contributed by atoms with Crippen LogP contribution in [-0.4, -0.2) is 29.7 Å². The Morgan fingerprint density at radius 1 is 1.53 bits per heavy atom. The molecule has 1 N–H and O–H groups in total. The van der Waals surface area contributed by atoms with Crippen LogP contribution in [0, 0.1) is 0 Å². The van der Waals surface area contributed by atoms with Gasteiger partial charge in [0.15, 0.2) is 0 Å². The van der Waals surface area contributed by atoms with Crippen LogP contribution in [0.4, 0.5) is 0 Å². The number of rotatable bonds is 7. The van der Waals surface area contributed by atoms with Crippen molar-refractivity contribution in [3.63, 3.8) is 0 Å². The molecule has 0 aliphatic rings. The van der Waals surface area contributed by atoms with Gasteiger partial charge in [0.2, 0.25) is 0 Å². The minimum atomic E-state index is 0.412. The van der Waals surface area contributed by atoms with Crippen molar-refractivity contribution in [3.8, 4) is 0 Å². The molecular formula is C11H19N3O. The van der Waals surface area contributed by atoms with Crippen LogP contribution in [0.1, 0.15) is 25.5 Å². The molecular weight excluding hydrogens is 190 g/mol. The summed E-state index contributed by atoms with van der Waals surface area (Å²) in [6.07, 6.45) is 5.61. The summed E-state index contributed by atoms with van der Waals surface area (Å²) in [5.41, 5.74) is 1.02. The van der Waals surface area contributed by atoms with Gasteiger partial charge in [-0.2, -0.15) is 0 Å². The summed E-state index contributed by atoms with van der Waals surface area (Å²) >= 11 is 0. The van der Waals surface area contributed by atoms with Gasteiger partial charge in [-0.15, -0.1) is 0 Å². The highest BCUT2D eigenvalue weighted by Gasteiger charge is 2.06. The van der Waals surface area contributed by atoms with Crippen molar-refractivity contribution in [1.29, 1.82) is 0 Å². The SMILES string of the molecule is CCCC(COC)NCc1ccncn1. The van der Waals surface area contributed by atoms with Gasteiger partial charge in [-0.3, -0.25) is 0 Å². The van der Waals surface area contributed by atoms with Gasteiger partial charge >= 0.3 is 0 Å². The van der Waals surface area contributed by atoms with Crippen LogP contribution in [0.2, 0.25) is 0 Å². The fourth-order valence-corrected chi connectivity index (χ4v) is 1.47. The first kappa shape index (κ1) is 12.1. The zero-order valence-corrected chi connectivity index (χ0v) is 9.44. The second kappa shape index (κ2) is 7.31. The zero-order valence-electron chi connectivity index (χ0n) is 9.44. The highest BCUT2D eigenvalue weighted by Crippen LogP contribution is 1.99. The van der Waals surface area contributed by atoms with Crippen molar-refractivity contribution in [2.45, 2.75) is 32.4 Å². The highest BCUT2D eigenvalue weighted by atomic mass is 16.5. The molecule has 1 atom stereocenters. The van der Waals surface area contributed by atoms with Crippen molar-refractivity contribution in [2.75, 3.05) is 13.7 Å². The molecule has 15 heavy (non-hydrogen) atoms. The Labute approximate surface area is 91.1 Å². The Morgan fingerprint density at radius 2 is 2.40 bits per heavy atom. The van der Waals surface area contributed by atoms with Crippen molar-refractivity contribution < 1.29 is 4.74 Å². The Kier molecular flexibility index (Phi) is 5.88. The fourth-order valence-electron chi connectivity index (χ4n) is 1.47. The number of nitrogens with zero attached hydrogens (tertiary/aromatic N) is 2. The predicted octanol–water partition coefficient (Wildman–Crippen LogP) is 1.38. The van der Waals surface area contributed by atoms with E-state index in [0.29, 0.717) is 6.04 Å². The summed E-state index contributed by atoms with van der Waals surface area (Å²) in [4.78, 5) is 8.04. The standard InChI is InChI=1S/C11H19N3O/c1-3-4-11(8-15-2)13-7-10-5-6-12-9-14-10/h5-6,9,11,13H,3-4,7-8H2,1-2H3. The average molecular weight is 209 g/mol. The monoisotopic (exact) mass is 209 g/mol. The second-order valence-corrected chi connectivity index (χ2v) is 3.52. The summed E-state index contributed by atoms with van der Waals surface area (Å²) in [6, 6.07) is 2.33. The largest absolute Gasteiger partial charge is 0.383 e. The van der Waals surface area contributed by atoms with Gasteiger partial charge in [-0.1, -0.05) is 13.3 Å². The summed E-state index contributed by atoms with van der Waals surface area (Å²) in [5.74, 6) is 0. The molecule has 0 aliphatic carbocycles. The van der Waals surface area contributed by atoms with Crippen LogP contribution in [0.5, 0.6) is 0 Å². The lowest BCUT2D eigenvalue weighted by Gasteiger charge is -2.16. The molecule has 0 amide bonds. The van der Waals surface area contributed by atoms with Crippen LogP contribution in [0.3, 0.4) is 0 Å². The average Bonchev–Trinajstić information content (AvgIpc) is 2.28. The third kappa shape index (κ3) is 4.85. The van der Waals surface area contributed by atoms with Crippen LogP contribution in [0.25, 0.3) is 0 Å². The lowest BCUT2D eigenvalue weighted by Crippen LogP contribution is -2.32. The van der Waals surface area contributed by atoms with E-state index >= 15 is 0 Å². The van der Waals surface area contributed by atoms with Crippen LogP contribution < -0.4 is 5.32 Å². The number of methoxy groups -OCH3 is 1. The zero-order chi connectivity index (χ0) is 10.9. The number of hydrogen-bond donors (Lipinski definition) is 1. The molecule has 1 heterocycles. The predicted molar refractivity (Wildman–Crippen MR) is 59.4 cm³/mol. The van der Waals surface area contributed by atoms with Gasteiger partial charge in [-0.25, -0.2) is 9.97 Å². The third-order valence-corrected chi connectivity index (χ3v) is 2.22. The number of hydrogen-bond acceptors (Lipinski definition) is 4. The van der Waals surface area contributed by atoms with Gasteiger partial charge in [-0.05, 0) is 12.5 Å². The van der Waals surface area contributed by atoms with E-state index in [9.17, 15) is 0 Å². The molecule has 0 saturated heterocycles. The molecule has 0 saturated carbocycles. The first-order chi connectivity index (χ1) is 7.36. The van der Waals surface area contributed by atoms with E-state index in [1.807, 2.05) is 6.07 Å². The first-order valence-electron chi connectivity index (χ1n) is 5.34. The summed E-state index contributed by atoms with van der Waals surface area (Å²) in [6.45, 7) is 3.70. The van der Waals surface area contributed by atoms with Gasteiger partial charge in [0.05, 0.1) is 12.3 Å². The Hall–Kier alpha value is -1.00. The van der Waals surface area contributed by atoms with E-state index in [1.165, 1.54) is 0 Å². The lowest BCUT2D eigenvalue weighted by atomic mass is 10.2. The molecule has 0 spiro atoms. The summed E-state index contributed by atoms with van der Waals surface area (Å²) < 4.78 is 5.15. The van der Waals surface area contributed by atoms with Crippen LogP contribution in [-0.2, 0) is 11.3 Å². The number of nitrogens with one attached hydrogen (secondary N) is 1. The molecule has 4 heteroatoms. The Morgan fingerprint density at radius 3 is 3.00 bits per heavy atom. The quantitative estimate of drug-likeness (QED) is 0.737. The van der Waals surface area contributed by atoms with E-state index in [2.05, 4.69) is 22.2 Å². The molecule has 0 fully saturated rings. The molecule has 4 nitrogen and oxygen atoms in total.